The van der Waals surface area contributed by atoms with E-state index in [1.165, 1.54) is 16.7 Å². The molecule has 246 valence electrons. The van der Waals surface area contributed by atoms with Crippen LogP contribution in [0.15, 0.2) is 37.7 Å². The highest BCUT2D eigenvalue weighted by atomic mass is 16.3. The highest BCUT2D eigenvalue weighted by Gasteiger charge is 2.31. The molecule has 3 aromatic rings. The van der Waals surface area contributed by atoms with Gasteiger partial charge >= 0.3 is 0 Å². The van der Waals surface area contributed by atoms with E-state index in [0.717, 1.165) is 35.2 Å². The maximum atomic E-state index is 5.80. The molecule has 0 fully saturated rings. The Hall–Kier alpha value is -2.16. The molecule has 0 aromatic carbocycles. The van der Waals surface area contributed by atoms with Crippen LogP contribution in [-0.4, -0.2) is 0 Å². The van der Waals surface area contributed by atoms with Crippen molar-refractivity contribution in [1.82, 2.24) is 0 Å². The molecule has 0 radical (unpaired) electrons. The van der Waals surface area contributed by atoms with E-state index in [9.17, 15) is 0 Å². The Labute approximate surface area is 266 Å². The fourth-order valence-corrected chi connectivity index (χ4v) is 6.57. The van der Waals surface area contributed by atoms with Crippen molar-refractivity contribution in [2.75, 3.05) is 0 Å². The second-order valence-electron chi connectivity index (χ2n) is 15.6. The monoisotopic (exact) mass is 597 g/mol. The minimum Gasteiger partial charge on any atom is -0.469 e. The van der Waals surface area contributed by atoms with Crippen molar-refractivity contribution in [2.45, 2.75) is 155 Å². The first-order valence-electron chi connectivity index (χ1n) is 16.9. The van der Waals surface area contributed by atoms with Crippen molar-refractivity contribution < 1.29 is 13.3 Å². The van der Waals surface area contributed by atoms with Crippen LogP contribution < -0.4 is 0 Å². The molecule has 0 spiro atoms. The number of aryl methyl sites for hydroxylation is 4. The molecule has 3 heterocycles. The average molecular weight is 597 g/mol. The van der Waals surface area contributed by atoms with Gasteiger partial charge in [-0.15, -0.1) is 0 Å². The van der Waals surface area contributed by atoms with E-state index >= 15 is 0 Å². The van der Waals surface area contributed by atoms with Gasteiger partial charge in [-0.3, -0.25) is 0 Å². The summed E-state index contributed by atoms with van der Waals surface area (Å²) in [6.07, 6.45) is 3.07. The molecular weight excluding hydrogens is 528 g/mol. The zero-order valence-corrected chi connectivity index (χ0v) is 31.4. The zero-order chi connectivity index (χ0) is 33.4. The third kappa shape index (κ3) is 11.4. The molecule has 3 rings (SSSR count). The van der Waals surface area contributed by atoms with Crippen LogP contribution in [0.4, 0.5) is 0 Å². The zero-order valence-electron chi connectivity index (χ0n) is 31.4. The predicted molar refractivity (Wildman–Crippen MR) is 186 cm³/mol. The maximum absolute atomic E-state index is 5.80. The van der Waals surface area contributed by atoms with Crippen LogP contribution in [0.3, 0.4) is 0 Å². The van der Waals surface area contributed by atoms with Crippen molar-refractivity contribution >= 4 is 0 Å². The molecule has 0 aliphatic heterocycles. The highest BCUT2D eigenvalue weighted by Crippen LogP contribution is 2.42. The molecule has 2 atom stereocenters. The van der Waals surface area contributed by atoms with Gasteiger partial charge in [-0.25, -0.2) is 0 Å². The van der Waals surface area contributed by atoms with E-state index in [2.05, 4.69) is 129 Å². The summed E-state index contributed by atoms with van der Waals surface area (Å²) in [5.74, 6) is 10.3. The second-order valence-corrected chi connectivity index (χ2v) is 15.6. The van der Waals surface area contributed by atoms with E-state index in [1.807, 2.05) is 20.1 Å². The van der Waals surface area contributed by atoms with Crippen LogP contribution >= 0.6 is 0 Å². The Morgan fingerprint density at radius 2 is 1.07 bits per heavy atom. The van der Waals surface area contributed by atoms with Gasteiger partial charge in [0, 0.05) is 17.8 Å². The summed E-state index contributed by atoms with van der Waals surface area (Å²) >= 11 is 0. The summed E-state index contributed by atoms with van der Waals surface area (Å²) in [5.41, 5.74) is 4.10. The summed E-state index contributed by atoms with van der Waals surface area (Å²) in [5, 5.41) is 0. The van der Waals surface area contributed by atoms with E-state index in [4.69, 9.17) is 13.3 Å². The van der Waals surface area contributed by atoms with Gasteiger partial charge in [-0.1, -0.05) is 96.9 Å². The van der Waals surface area contributed by atoms with Crippen molar-refractivity contribution in [3.05, 3.63) is 70.0 Å². The first kappa shape index (κ1) is 38.9. The second kappa shape index (κ2) is 16.8. The van der Waals surface area contributed by atoms with E-state index in [1.54, 1.807) is 0 Å². The van der Waals surface area contributed by atoms with E-state index in [0.29, 0.717) is 47.3 Å². The van der Waals surface area contributed by atoms with Crippen LogP contribution in [0.1, 0.15) is 173 Å². The lowest BCUT2D eigenvalue weighted by atomic mass is 9.73. The molecule has 3 heteroatoms. The lowest BCUT2D eigenvalue weighted by molar-refractivity contribution is 0.224. The quantitative estimate of drug-likeness (QED) is 0.247. The predicted octanol–water partition coefficient (Wildman–Crippen LogP) is 13.5. The van der Waals surface area contributed by atoms with Crippen LogP contribution in [0, 0.1) is 56.8 Å². The van der Waals surface area contributed by atoms with E-state index < -0.39 is 0 Å². The average Bonchev–Trinajstić information content (AvgIpc) is 3.53. The fraction of sp³-hybridized carbons (Fsp3) is 0.700. The minimum absolute atomic E-state index is 0.250. The van der Waals surface area contributed by atoms with Gasteiger partial charge < -0.3 is 13.3 Å². The molecule has 0 aliphatic rings. The lowest BCUT2D eigenvalue weighted by Gasteiger charge is -2.32. The standard InChI is InChI=1S/C15H26O.C13H22O.C12H20O/c1-10(2)12-8-13(16-9-12)14(11(3)4)15(5,6)7;1-8(2)13(9(3)4)12-7-10(5)11(6)14-12;1-6-11(8(2)3)12-7-9(4)10(5)13-12/h8-11,14H,1-7H3;7-9,13H,1-6H3;7-8,11H,6H2,1-5H3/t14-;;11-/m0.0/s1. The van der Waals surface area contributed by atoms with Crippen molar-refractivity contribution in [3.63, 3.8) is 0 Å². The van der Waals surface area contributed by atoms with Gasteiger partial charge in [0.1, 0.15) is 28.8 Å². The topological polar surface area (TPSA) is 39.4 Å². The summed E-state index contributed by atoms with van der Waals surface area (Å²) in [6.45, 7) is 39.9. The third-order valence-electron chi connectivity index (χ3n) is 8.96. The normalized spacial score (nSPS) is 13.6. The first-order valence-corrected chi connectivity index (χ1v) is 16.9. The van der Waals surface area contributed by atoms with Gasteiger partial charge in [0.15, 0.2) is 0 Å². The van der Waals surface area contributed by atoms with Crippen molar-refractivity contribution in [1.29, 1.82) is 0 Å². The molecule has 0 bridgehead atoms. The molecule has 0 saturated heterocycles. The smallest absolute Gasteiger partial charge is 0.108 e. The number of hydrogen-bond donors (Lipinski definition) is 0. The van der Waals surface area contributed by atoms with Crippen LogP contribution in [0.25, 0.3) is 0 Å². The molecule has 0 saturated carbocycles. The van der Waals surface area contributed by atoms with Gasteiger partial charge in [0.2, 0.25) is 0 Å². The minimum atomic E-state index is 0.250. The maximum Gasteiger partial charge on any atom is 0.108 e. The largest absolute Gasteiger partial charge is 0.469 e. The summed E-state index contributed by atoms with van der Waals surface area (Å²) in [4.78, 5) is 0. The molecule has 0 amide bonds. The van der Waals surface area contributed by atoms with Gasteiger partial charge in [0.25, 0.3) is 0 Å². The van der Waals surface area contributed by atoms with Gasteiger partial charge in [0.05, 0.1) is 6.26 Å². The number of hydrogen-bond acceptors (Lipinski definition) is 3. The van der Waals surface area contributed by atoms with E-state index in [-0.39, 0.29) is 5.41 Å². The Balaban J connectivity index is 0.000000324. The molecule has 0 aliphatic carbocycles. The Morgan fingerprint density at radius 3 is 1.35 bits per heavy atom. The Bertz CT molecular complexity index is 1140. The van der Waals surface area contributed by atoms with Crippen LogP contribution in [0.5, 0.6) is 0 Å². The highest BCUT2D eigenvalue weighted by molar-refractivity contribution is 5.23. The van der Waals surface area contributed by atoms with Crippen LogP contribution in [-0.2, 0) is 0 Å². The SMILES string of the molecule is CC(C)c1coc([C@H](C(C)C)C(C)(C)C)c1.CC[C@H](c1cc(C)c(C)o1)C(C)C.Cc1cc(C(C(C)C)C(C)C)oc1C. The summed E-state index contributed by atoms with van der Waals surface area (Å²) in [6, 6.07) is 6.62. The van der Waals surface area contributed by atoms with Crippen molar-refractivity contribution in [2.24, 2.45) is 29.1 Å². The summed E-state index contributed by atoms with van der Waals surface area (Å²) < 4.78 is 17.3. The molecule has 43 heavy (non-hydrogen) atoms. The first-order chi connectivity index (χ1) is 19.7. The third-order valence-corrected chi connectivity index (χ3v) is 8.96. The van der Waals surface area contributed by atoms with Crippen LogP contribution in [0.2, 0.25) is 0 Å². The fourth-order valence-electron chi connectivity index (χ4n) is 6.57. The Kier molecular flexibility index (Phi) is 15.2. The lowest BCUT2D eigenvalue weighted by Crippen LogP contribution is -2.22. The van der Waals surface area contributed by atoms with Gasteiger partial charge in [-0.05, 0) is 104 Å². The Morgan fingerprint density at radius 1 is 0.605 bits per heavy atom. The molecule has 3 nitrogen and oxygen atoms in total. The molecular formula is C40H68O3. The number of rotatable bonds is 9. The molecule has 0 unspecified atom stereocenters. The van der Waals surface area contributed by atoms with Gasteiger partial charge in [-0.2, -0.15) is 0 Å². The van der Waals surface area contributed by atoms with Crippen molar-refractivity contribution in [3.8, 4) is 0 Å². The summed E-state index contributed by atoms with van der Waals surface area (Å²) in [7, 11) is 0. The molecule has 0 N–H and O–H groups in total. The molecule has 3 aromatic heterocycles. The number of furan rings is 3.